The Bertz CT molecular complexity index is 1050. The van der Waals surface area contributed by atoms with E-state index in [-0.39, 0.29) is 11.9 Å². The summed E-state index contributed by atoms with van der Waals surface area (Å²) in [6, 6.07) is 12.4. The lowest BCUT2D eigenvalue weighted by molar-refractivity contribution is 0.102. The smallest absolute Gasteiger partial charge is 0.266 e. The van der Waals surface area contributed by atoms with E-state index in [2.05, 4.69) is 60.2 Å². The highest BCUT2D eigenvalue weighted by molar-refractivity contribution is 7.17. The van der Waals surface area contributed by atoms with Crippen LogP contribution in [0.25, 0.3) is 0 Å². The third-order valence-electron chi connectivity index (χ3n) is 6.40. The summed E-state index contributed by atoms with van der Waals surface area (Å²) in [5, 5.41) is 6.14. The number of likely N-dealkylation sites (N-methyl/N-ethyl adjacent to an activating group) is 1. The Morgan fingerprint density at radius 2 is 1.82 bits per heavy atom. The first-order valence-corrected chi connectivity index (χ1v) is 13.3. The van der Waals surface area contributed by atoms with Crippen LogP contribution in [0.2, 0.25) is 0 Å². The van der Waals surface area contributed by atoms with Crippen LogP contribution >= 0.6 is 22.7 Å². The molecule has 0 aliphatic carbocycles. The molecular formula is C26H33N3O2S2. The number of carbonyl (C=O) groups excluding carboxylic acids is 1. The highest BCUT2D eigenvalue weighted by Gasteiger charge is 2.31. The average molecular weight is 484 g/mol. The predicted molar refractivity (Wildman–Crippen MR) is 139 cm³/mol. The summed E-state index contributed by atoms with van der Waals surface area (Å²) < 4.78 is 5.69. The van der Waals surface area contributed by atoms with Gasteiger partial charge in [-0.15, -0.1) is 22.7 Å². The van der Waals surface area contributed by atoms with Crippen LogP contribution in [-0.2, 0) is 0 Å². The van der Waals surface area contributed by atoms with Crippen molar-refractivity contribution in [2.24, 2.45) is 0 Å². The maximum atomic E-state index is 13.0. The van der Waals surface area contributed by atoms with Gasteiger partial charge in [0.25, 0.3) is 5.91 Å². The molecule has 2 aromatic heterocycles. The molecule has 1 amide bonds. The minimum absolute atomic E-state index is 0.0336. The summed E-state index contributed by atoms with van der Waals surface area (Å²) in [7, 11) is 0. The highest BCUT2D eigenvalue weighted by atomic mass is 32.1. The van der Waals surface area contributed by atoms with Gasteiger partial charge in [0.1, 0.15) is 10.8 Å². The topological polar surface area (TPSA) is 44.8 Å². The van der Waals surface area contributed by atoms with Gasteiger partial charge in [0.2, 0.25) is 0 Å². The number of hydrogen-bond donors (Lipinski definition) is 1. The van der Waals surface area contributed by atoms with E-state index in [0.29, 0.717) is 6.61 Å². The van der Waals surface area contributed by atoms with E-state index in [9.17, 15) is 4.79 Å². The van der Waals surface area contributed by atoms with Gasteiger partial charge in [-0.1, -0.05) is 25.1 Å². The van der Waals surface area contributed by atoms with Gasteiger partial charge in [-0.25, -0.2) is 0 Å². The minimum Gasteiger partial charge on any atom is -0.494 e. The number of nitrogens with one attached hydrogen (secondary N) is 1. The Labute approximate surface area is 205 Å². The van der Waals surface area contributed by atoms with Gasteiger partial charge < -0.3 is 15.0 Å². The van der Waals surface area contributed by atoms with Crippen LogP contribution in [0.1, 0.15) is 51.1 Å². The van der Waals surface area contributed by atoms with Crippen molar-refractivity contribution in [2.75, 3.05) is 44.6 Å². The lowest BCUT2D eigenvalue weighted by Crippen LogP contribution is -2.47. The zero-order valence-corrected chi connectivity index (χ0v) is 21.5. The third kappa shape index (κ3) is 5.32. The van der Waals surface area contributed by atoms with Crippen molar-refractivity contribution in [3.05, 3.63) is 68.2 Å². The number of piperazine rings is 1. The first kappa shape index (κ1) is 24.0. The van der Waals surface area contributed by atoms with Gasteiger partial charge in [-0.3, -0.25) is 9.69 Å². The van der Waals surface area contributed by atoms with Crippen molar-refractivity contribution in [3.8, 4) is 5.75 Å². The molecule has 5 nitrogen and oxygen atoms in total. The van der Waals surface area contributed by atoms with Gasteiger partial charge in [0, 0.05) is 36.6 Å². The predicted octanol–water partition coefficient (Wildman–Crippen LogP) is 5.80. The van der Waals surface area contributed by atoms with E-state index >= 15 is 0 Å². The van der Waals surface area contributed by atoms with Crippen LogP contribution in [0, 0.1) is 13.8 Å². The SMILES string of the molecule is CCOc1ccc(C(c2c(NC(=O)c3cccs3)sc(C)c2C)N2CCN(CC)CC2)cc1. The van der Waals surface area contributed by atoms with E-state index in [1.165, 1.54) is 32.9 Å². The molecular weight excluding hydrogens is 450 g/mol. The summed E-state index contributed by atoms with van der Waals surface area (Å²) in [6.07, 6.45) is 0. The number of amides is 1. The number of anilines is 1. The number of aryl methyl sites for hydroxylation is 1. The number of hydrogen-bond acceptors (Lipinski definition) is 6. The first-order chi connectivity index (χ1) is 16.0. The molecule has 1 unspecified atom stereocenters. The monoisotopic (exact) mass is 483 g/mol. The summed E-state index contributed by atoms with van der Waals surface area (Å²) >= 11 is 3.15. The van der Waals surface area contributed by atoms with Crippen molar-refractivity contribution in [3.63, 3.8) is 0 Å². The van der Waals surface area contributed by atoms with Crippen LogP contribution in [0.3, 0.4) is 0 Å². The summed E-state index contributed by atoms with van der Waals surface area (Å²) in [5.41, 5.74) is 3.71. The Morgan fingerprint density at radius 1 is 1.09 bits per heavy atom. The molecule has 3 aromatic rings. The number of ether oxygens (including phenoxy) is 1. The van der Waals surface area contributed by atoms with Crippen molar-refractivity contribution < 1.29 is 9.53 Å². The van der Waals surface area contributed by atoms with Crippen molar-refractivity contribution in [2.45, 2.75) is 33.7 Å². The largest absolute Gasteiger partial charge is 0.494 e. The van der Waals surface area contributed by atoms with E-state index in [0.717, 1.165) is 48.4 Å². The van der Waals surface area contributed by atoms with Gasteiger partial charge in [-0.05, 0) is 62.0 Å². The second-order valence-electron chi connectivity index (χ2n) is 8.33. The third-order valence-corrected chi connectivity index (χ3v) is 8.41. The van der Waals surface area contributed by atoms with Gasteiger partial charge in [0.05, 0.1) is 17.5 Å². The second kappa shape index (κ2) is 10.8. The molecule has 1 saturated heterocycles. The summed E-state index contributed by atoms with van der Waals surface area (Å²) in [6.45, 7) is 14.4. The van der Waals surface area contributed by atoms with Gasteiger partial charge in [-0.2, -0.15) is 0 Å². The standard InChI is InChI=1S/C26H33N3O2S2/c1-5-28-13-15-29(16-14-28)24(20-9-11-21(12-10-20)31-6-2)23-18(3)19(4)33-26(23)27-25(30)22-8-7-17-32-22/h7-12,17,24H,5-6,13-16H2,1-4H3,(H,27,30). The minimum atomic E-state index is -0.0336. The van der Waals surface area contributed by atoms with Crippen molar-refractivity contribution >= 4 is 33.6 Å². The van der Waals surface area contributed by atoms with E-state index in [4.69, 9.17) is 4.74 Å². The number of benzene rings is 1. The first-order valence-electron chi connectivity index (χ1n) is 11.7. The van der Waals surface area contributed by atoms with Gasteiger partial charge >= 0.3 is 0 Å². The molecule has 176 valence electrons. The molecule has 3 heterocycles. The Morgan fingerprint density at radius 3 is 2.42 bits per heavy atom. The lowest BCUT2D eigenvalue weighted by Gasteiger charge is -2.39. The van der Waals surface area contributed by atoms with E-state index in [1.54, 1.807) is 11.3 Å². The lowest BCUT2D eigenvalue weighted by atomic mass is 9.94. The fourth-order valence-electron chi connectivity index (χ4n) is 4.45. The number of rotatable bonds is 8. The second-order valence-corrected chi connectivity index (χ2v) is 10.5. The molecule has 33 heavy (non-hydrogen) atoms. The molecule has 0 radical (unpaired) electrons. The Hall–Kier alpha value is -2.19. The molecule has 4 rings (SSSR count). The molecule has 0 bridgehead atoms. The van der Waals surface area contributed by atoms with Crippen molar-refractivity contribution in [1.82, 2.24) is 9.80 Å². The van der Waals surface area contributed by atoms with Crippen LogP contribution in [0.15, 0.2) is 41.8 Å². The Balaban J connectivity index is 1.72. The van der Waals surface area contributed by atoms with Crippen LogP contribution in [0.5, 0.6) is 5.75 Å². The number of thiophene rings is 2. The molecule has 0 saturated carbocycles. The van der Waals surface area contributed by atoms with Crippen molar-refractivity contribution in [1.29, 1.82) is 0 Å². The Kier molecular flexibility index (Phi) is 7.86. The van der Waals surface area contributed by atoms with Crippen LogP contribution in [0.4, 0.5) is 5.00 Å². The molecule has 7 heteroatoms. The molecule has 1 aliphatic rings. The zero-order chi connectivity index (χ0) is 23.4. The van der Waals surface area contributed by atoms with E-state index in [1.807, 2.05) is 24.4 Å². The van der Waals surface area contributed by atoms with Crippen LogP contribution in [-0.4, -0.2) is 55.0 Å². The summed E-state index contributed by atoms with van der Waals surface area (Å²) in [5.74, 6) is 0.856. The molecule has 1 aliphatic heterocycles. The zero-order valence-electron chi connectivity index (χ0n) is 19.9. The molecule has 1 atom stereocenters. The molecule has 1 aromatic carbocycles. The highest BCUT2D eigenvalue weighted by Crippen LogP contribution is 2.43. The summed E-state index contributed by atoms with van der Waals surface area (Å²) in [4.78, 5) is 20.0. The molecule has 0 spiro atoms. The quantitative estimate of drug-likeness (QED) is 0.440. The maximum Gasteiger partial charge on any atom is 0.266 e. The maximum absolute atomic E-state index is 13.0. The van der Waals surface area contributed by atoms with Gasteiger partial charge in [0.15, 0.2) is 0 Å². The normalized spacial score (nSPS) is 16.0. The molecule has 1 fully saturated rings. The van der Waals surface area contributed by atoms with Crippen LogP contribution < -0.4 is 10.1 Å². The fourth-order valence-corrected chi connectivity index (χ4v) is 6.16. The van der Waals surface area contributed by atoms with E-state index < -0.39 is 0 Å². The molecule has 1 N–H and O–H groups in total. The number of nitrogens with zero attached hydrogens (tertiary/aromatic N) is 2. The average Bonchev–Trinajstić information content (AvgIpc) is 3.46. The number of carbonyl (C=O) groups is 1. The fraction of sp³-hybridized carbons (Fsp3) is 0.423.